The van der Waals surface area contributed by atoms with Gasteiger partial charge in [0, 0.05) is 11.4 Å². The molecule has 146 valence electrons. The molecule has 0 aliphatic rings. The summed E-state index contributed by atoms with van der Waals surface area (Å²) >= 11 is 1.45. The molecule has 0 atom stereocenters. The lowest BCUT2D eigenvalue weighted by molar-refractivity contribution is -0.118. The molecule has 0 aliphatic carbocycles. The maximum absolute atomic E-state index is 12.1. The molecule has 0 aliphatic heterocycles. The number of nitrogens with one attached hydrogen (secondary N) is 1. The van der Waals surface area contributed by atoms with Gasteiger partial charge in [-0.2, -0.15) is 0 Å². The lowest BCUT2D eigenvalue weighted by Crippen LogP contribution is -2.27. The van der Waals surface area contributed by atoms with Crippen LogP contribution >= 0.6 is 11.8 Å². The Morgan fingerprint density at radius 3 is 2.07 bits per heavy atom. The number of rotatable bonds is 10. The van der Waals surface area contributed by atoms with Gasteiger partial charge in [-0.05, 0) is 42.3 Å². The first-order valence-corrected chi connectivity index (χ1v) is 9.42. The average molecular weight is 391 g/mol. The van der Waals surface area contributed by atoms with E-state index in [9.17, 15) is 4.79 Å². The number of carbonyl (C=O) groups is 1. The van der Waals surface area contributed by atoms with Crippen LogP contribution in [0.3, 0.4) is 0 Å². The van der Waals surface area contributed by atoms with Gasteiger partial charge >= 0.3 is 0 Å². The Hall–Kier alpha value is -2.54. The van der Waals surface area contributed by atoms with E-state index in [-0.39, 0.29) is 5.91 Å². The van der Waals surface area contributed by atoms with Gasteiger partial charge in [0.1, 0.15) is 0 Å². The number of thioether (sulfide) groups is 1. The second-order valence-electron chi connectivity index (χ2n) is 5.59. The monoisotopic (exact) mass is 391 g/mol. The number of benzene rings is 2. The summed E-state index contributed by atoms with van der Waals surface area (Å²) < 4.78 is 21.0. The number of hydrogen-bond acceptors (Lipinski definition) is 6. The first kappa shape index (κ1) is 20.8. The molecule has 0 unspecified atom stereocenters. The van der Waals surface area contributed by atoms with Crippen LogP contribution < -0.4 is 24.3 Å². The quantitative estimate of drug-likeness (QED) is 0.628. The molecule has 0 spiro atoms. The zero-order valence-electron chi connectivity index (χ0n) is 16.0. The number of ether oxygens (including phenoxy) is 4. The van der Waals surface area contributed by atoms with E-state index in [0.717, 1.165) is 10.5 Å². The van der Waals surface area contributed by atoms with E-state index in [1.807, 2.05) is 36.4 Å². The highest BCUT2D eigenvalue weighted by molar-refractivity contribution is 8.00. The second kappa shape index (κ2) is 10.6. The summed E-state index contributed by atoms with van der Waals surface area (Å²) in [6.07, 6.45) is 0.715. The van der Waals surface area contributed by atoms with Crippen LogP contribution in [-0.4, -0.2) is 46.6 Å². The Bertz CT molecular complexity index is 766. The highest BCUT2D eigenvalue weighted by Crippen LogP contribution is 2.31. The first-order chi connectivity index (χ1) is 13.1. The predicted molar refractivity (Wildman–Crippen MR) is 107 cm³/mol. The summed E-state index contributed by atoms with van der Waals surface area (Å²) in [4.78, 5) is 13.0. The molecule has 0 saturated heterocycles. The van der Waals surface area contributed by atoms with Crippen molar-refractivity contribution in [1.82, 2.24) is 5.32 Å². The van der Waals surface area contributed by atoms with Gasteiger partial charge in [-0.25, -0.2) is 0 Å². The third-order valence-electron chi connectivity index (χ3n) is 3.91. The van der Waals surface area contributed by atoms with Crippen molar-refractivity contribution in [1.29, 1.82) is 0 Å². The number of carbonyl (C=O) groups excluding carboxylic acids is 1. The van der Waals surface area contributed by atoms with Gasteiger partial charge in [-0.15, -0.1) is 11.8 Å². The smallest absolute Gasteiger partial charge is 0.230 e. The minimum absolute atomic E-state index is 0.0183. The summed E-state index contributed by atoms with van der Waals surface area (Å²) in [5.74, 6) is 3.01. The SMILES string of the molecule is COc1ccc(CCNC(=O)CSc2ccc(OC)c(OC)c2)cc1OC. The Morgan fingerprint density at radius 1 is 0.852 bits per heavy atom. The van der Waals surface area contributed by atoms with Crippen molar-refractivity contribution in [3.05, 3.63) is 42.0 Å². The molecule has 0 bridgehead atoms. The lowest BCUT2D eigenvalue weighted by atomic mass is 10.1. The molecule has 0 radical (unpaired) electrons. The average Bonchev–Trinajstić information content (AvgIpc) is 2.71. The molecule has 0 saturated carbocycles. The second-order valence-corrected chi connectivity index (χ2v) is 6.64. The molecule has 2 aromatic rings. The standard InChI is InChI=1S/C20H25NO5S/c1-23-16-7-5-14(11-18(16)25-3)9-10-21-20(22)13-27-15-6-8-17(24-2)19(12-15)26-4/h5-8,11-12H,9-10,13H2,1-4H3,(H,21,22). The minimum atomic E-state index is -0.0183. The van der Waals surface area contributed by atoms with Crippen molar-refractivity contribution in [2.45, 2.75) is 11.3 Å². The highest BCUT2D eigenvalue weighted by Gasteiger charge is 2.08. The Labute approximate surface area is 164 Å². The van der Waals surface area contributed by atoms with Crippen LogP contribution in [0.5, 0.6) is 23.0 Å². The highest BCUT2D eigenvalue weighted by atomic mass is 32.2. The van der Waals surface area contributed by atoms with Crippen molar-refractivity contribution >= 4 is 17.7 Å². The fraction of sp³-hybridized carbons (Fsp3) is 0.350. The van der Waals surface area contributed by atoms with E-state index in [4.69, 9.17) is 18.9 Å². The fourth-order valence-electron chi connectivity index (χ4n) is 2.49. The Balaban J connectivity index is 1.80. The Kier molecular flexibility index (Phi) is 8.13. The van der Waals surface area contributed by atoms with Gasteiger partial charge in [0.05, 0.1) is 34.2 Å². The molecule has 2 rings (SSSR count). The normalized spacial score (nSPS) is 10.2. The van der Waals surface area contributed by atoms with Gasteiger partial charge in [0.2, 0.25) is 5.91 Å². The number of amides is 1. The molecule has 27 heavy (non-hydrogen) atoms. The van der Waals surface area contributed by atoms with E-state index in [1.165, 1.54) is 11.8 Å². The maximum Gasteiger partial charge on any atom is 0.230 e. The van der Waals surface area contributed by atoms with Crippen LogP contribution in [0, 0.1) is 0 Å². The Morgan fingerprint density at radius 2 is 1.44 bits per heavy atom. The summed E-state index contributed by atoms with van der Waals surface area (Å²) in [6, 6.07) is 11.3. The molecule has 2 aromatic carbocycles. The summed E-state index contributed by atoms with van der Waals surface area (Å²) in [7, 11) is 6.40. The van der Waals surface area contributed by atoms with Crippen LogP contribution in [0.25, 0.3) is 0 Å². The molecule has 6 nitrogen and oxygen atoms in total. The van der Waals surface area contributed by atoms with E-state index < -0.39 is 0 Å². The van der Waals surface area contributed by atoms with Gasteiger partial charge in [-0.3, -0.25) is 4.79 Å². The van der Waals surface area contributed by atoms with E-state index in [0.29, 0.717) is 41.7 Å². The zero-order valence-corrected chi connectivity index (χ0v) is 16.9. The molecule has 1 N–H and O–H groups in total. The molecular weight excluding hydrogens is 366 g/mol. The first-order valence-electron chi connectivity index (χ1n) is 8.43. The van der Waals surface area contributed by atoms with Crippen molar-refractivity contribution in [3.63, 3.8) is 0 Å². The molecule has 1 amide bonds. The largest absolute Gasteiger partial charge is 0.493 e. The van der Waals surface area contributed by atoms with Crippen LogP contribution in [-0.2, 0) is 11.2 Å². The number of hydrogen-bond donors (Lipinski definition) is 1. The summed E-state index contributed by atoms with van der Waals surface area (Å²) in [6.45, 7) is 0.556. The van der Waals surface area contributed by atoms with Crippen molar-refractivity contribution in [3.8, 4) is 23.0 Å². The van der Waals surface area contributed by atoms with Gasteiger partial charge < -0.3 is 24.3 Å². The third kappa shape index (κ3) is 5.99. The van der Waals surface area contributed by atoms with Crippen LogP contribution in [0.1, 0.15) is 5.56 Å². The van der Waals surface area contributed by atoms with E-state index in [2.05, 4.69) is 5.32 Å². The van der Waals surface area contributed by atoms with Crippen LogP contribution in [0.2, 0.25) is 0 Å². The van der Waals surface area contributed by atoms with Crippen molar-refractivity contribution in [2.24, 2.45) is 0 Å². The van der Waals surface area contributed by atoms with Gasteiger partial charge in [0.25, 0.3) is 0 Å². The summed E-state index contributed by atoms with van der Waals surface area (Å²) in [5.41, 5.74) is 1.07. The van der Waals surface area contributed by atoms with Gasteiger partial charge in [-0.1, -0.05) is 6.07 Å². The third-order valence-corrected chi connectivity index (χ3v) is 4.90. The van der Waals surface area contributed by atoms with E-state index >= 15 is 0 Å². The van der Waals surface area contributed by atoms with Crippen LogP contribution in [0.15, 0.2) is 41.3 Å². The van der Waals surface area contributed by atoms with Crippen molar-refractivity contribution in [2.75, 3.05) is 40.7 Å². The van der Waals surface area contributed by atoms with Crippen molar-refractivity contribution < 1.29 is 23.7 Å². The van der Waals surface area contributed by atoms with Crippen LogP contribution in [0.4, 0.5) is 0 Å². The maximum atomic E-state index is 12.1. The molecular formula is C20H25NO5S. The summed E-state index contributed by atoms with van der Waals surface area (Å²) in [5, 5.41) is 2.93. The molecule has 0 aromatic heterocycles. The predicted octanol–water partition coefficient (Wildman–Crippen LogP) is 3.17. The number of methoxy groups -OCH3 is 4. The molecule has 7 heteroatoms. The topological polar surface area (TPSA) is 66.0 Å². The molecule has 0 heterocycles. The molecule has 0 fully saturated rings. The fourth-order valence-corrected chi connectivity index (χ4v) is 3.24. The van der Waals surface area contributed by atoms with Gasteiger partial charge in [0.15, 0.2) is 23.0 Å². The zero-order chi connectivity index (χ0) is 19.6. The lowest BCUT2D eigenvalue weighted by Gasteiger charge is -2.11. The van der Waals surface area contributed by atoms with E-state index in [1.54, 1.807) is 28.4 Å². The minimum Gasteiger partial charge on any atom is -0.493 e.